The minimum atomic E-state index is -0.157. The third-order valence-corrected chi connectivity index (χ3v) is 8.77. The standard InChI is InChI=1S/C25H25IN6O3/c26-22-21-23(32(29-22)20-7-3-4-10-35-20)28-19(11-27-21)30-9-8-14-17(12-30)18(14)13-31-24(33)15-5-1-2-6-16(15)25(31)34/h1-2,5-6,11,14,17-18,20H,3-4,7-10,12-13H2. The van der Waals surface area contributed by atoms with Gasteiger partial charge in [-0.3, -0.25) is 14.5 Å². The van der Waals surface area contributed by atoms with Crippen molar-refractivity contribution in [3.05, 3.63) is 45.3 Å². The highest BCUT2D eigenvalue weighted by molar-refractivity contribution is 14.1. The highest BCUT2D eigenvalue weighted by Crippen LogP contribution is 2.52. The van der Waals surface area contributed by atoms with Crippen LogP contribution in [0.4, 0.5) is 5.82 Å². The maximum Gasteiger partial charge on any atom is 0.261 e. The number of halogens is 1. The Morgan fingerprint density at radius 3 is 2.60 bits per heavy atom. The van der Waals surface area contributed by atoms with Gasteiger partial charge in [0, 0.05) is 26.2 Å². The number of imide groups is 1. The molecule has 0 bridgehead atoms. The molecule has 4 aliphatic rings. The zero-order chi connectivity index (χ0) is 23.7. The monoisotopic (exact) mass is 584 g/mol. The third-order valence-electron chi connectivity index (χ3n) is 8.05. The van der Waals surface area contributed by atoms with Gasteiger partial charge in [0.25, 0.3) is 11.8 Å². The maximum absolute atomic E-state index is 12.8. The molecule has 2 amide bonds. The summed E-state index contributed by atoms with van der Waals surface area (Å²) >= 11 is 2.22. The number of benzene rings is 1. The lowest BCUT2D eigenvalue weighted by Crippen LogP contribution is -2.33. The SMILES string of the molecule is O=C1c2ccccc2C(=O)N1CC1C2CCN(c3cnc4c(I)nn(C5CCCCO5)c4n3)CC21. The number of anilines is 1. The predicted octanol–water partition coefficient (Wildman–Crippen LogP) is 3.50. The molecule has 1 saturated carbocycles. The van der Waals surface area contributed by atoms with E-state index in [9.17, 15) is 9.59 Å². The van der Waals surface area contributed by atoms with Gasteiger partial charge >= 0.3 is 0 Å². The number of piperidine rings is 1. The lowest BCUT2D eigenvalue weighted by Gasteiger charge is -2.27. The van der Waals surface area contributed by atoms with Crippen LogP contribution in [-0.4, -0.2) is 62.7 Å². The summed E-state index contributed by atoms with van der Waals surface area (Å²) in [5.41, 5.74) is 2.65. The number of rotatable bonds is 4. The summed E-state index contributed by atoms with van der Waals surface area (Å²) in [6.45, 7) is 3.01. The quantitative estimate of drug-likeness (QED) is 0.343. The maximum atomic E-state index is 12.8. The van der Waals surface area contributed by atoms with E-state index in [1.165, 1.54) is 4.90 Å². The van der Waals surface area contributed by atoms with Crippen LogP contribution in [0, 0.1) is 21.5 Å². The van der Waals surface area contributed by atoms with E-state index < -0.39 is 0 Å². The zero-order valence-electron chi connectivity index (χ0n) is 19.1. The van der Waals surface area contributed by atoms with E-state index >= 15 is 0 Å². The van der Waals surface area contributed by atoms with Crippen LogP contribution in [0.1, 0.15) is 52.6 Å². The number of hydrogen-bond donors (Lipinski definition) is 0. The third kappa shape index (κ3) is 3.47. The molecule has 2 saturated heterocycles. The molecule has 4 atom stereocenters. The van der Waals surface area contributed by atoms with E-state index in [0.29, 0.717) is 35.4 Å². The molecule has 5 heterocycles. The van der Waals surface area contributed by atoms with Gasteiger partial charge in [0.2, 0.25) is 0 Å². The molecule has 4 unspecified atom stereocenters. The molecule has 10 heteroatoms. The number of amides is 2. The van der Waals surface area contributed by atoms with Gasteiger partial charge in [0.15, 0.2) is 15.6 Å². The van der Waals surface area contributed by atoms with Gasteiger partial charge in [-0.05, 0) is 78.2 Å². The second kappa shape index (κ2) is 8.22. The van der Waals surface area contributed by atoms with Crippen LogP contribution in [0.3, 0.4) is 0 Å². The van der Waals surface area contributed by atoms with Gasteiger partial charge in [-0.2, -0.15) is 5.10 Å². The molecule has 7 rings (SSSR count). The molecular formula is C25H25IN6O3. The average molecular weight is 584 g/mol. The molecule has 3 fully saturated rings. The Morgan fingerprint density at radius 1 is 1.06 bits per heavy atom. The van der Waals surface area contributed by atoms with E-state index in [0.717, 1.165) is 66.1 Å². The number of carbonyl (C=O) groups is 2. The highest BCUT2D eigenvalue weighted by Gasteiger charge is 2.54. The lowest BCUT2D eigenvalue weighted by atomic mass is 10.1. The Morgan fingerprint density at radius 2 is 1.86 bits per heavy atom. The van der Waals surface area contributed by atoms with Crippen molar-refractivity contribution in [1.82, 2.24) is 24.6 Å². The van der Waals surface area contributed by atoms with Crippen LogP contribution in [0.15, 0.2) is 30.5 Å². The molecule has 0 radical (unpaired) electrons. The van der Waals surface area contributed by atoms with E-state index in [4.69, 9.17) is 14.7 Å². The lowest BCUT2D eigenvalue weighted by molar-refractivity contribution is -0.0372. The van der Waals surface area contributed by atoms with Gasteiger partial charge < -0.3 is 9.64 Å². The Balaban J connectivity index is 1.08. The van der Waals surface area contributed by atoms with Crippen molar-refractivity contribution in [2.45, 2.75) is 31.9 Å². The summed E-state index contributed by atoms with van der Waals surface area (Å²) in [6.07, 6.45) is 5.94. The molecule has 180 valence electrons. The van der Waals surface area contributed by atoms with Crippen LogP contribution in [0.2, 0.25) is 0 Å². The van der Waals surface area contributed by atoms with Crippen molar-refractivity contribution in [2.75, 3.05) is 31.1 Å². The normalized spacial score (nSPS) is 27.9. The molecule has 3 aliphatic heterocycles. The topological polar surface area (TPSA) is 93.5 Å². The van der Waals surface area contributed by atoms with Crippen molar-refractivity contribution < 1.29 is 14.3 Å². The first kappa shape index (κ1) is 21.7. The predicted molar refractivity (Wildman–Crippen MR) is 136 cm³/mol. The molecule has 1 aliphatic carbocycles. The highest BCUT2D eigenvalue weighted by atomic mass is 127. The number of fused-ring (bicyclic) bond motifs is 3. The molecule has 0 N–H and O–H groups in total. The van der Waals surface area contributed by atoms with E-state index in [2.05, 4.69) is 32.6 Å². The number of nitrogens with zero attached hydrogens (tertiary/aromatic N) is 6. The molecule has 2 aromatic heterocycles. The van der Waals surface area contributed by atoms with E-state index in [-0.39, 0.29) is 18.0 Å². The summed E-state index contributed by atoms with van der Waals surface area (Å²) in [5.74, 6) is 1.90. The Bertz CT molecular complexity index is 1320. The van der Waals surface area contributed by atoms with Crippen LogP contribution >= 0.6 is 22.6 Å². The number of hydrogen-bond acceptors (Lipinski definition) is 7. The second-order valence-electron chi connectivity index (χ2n) is 9.95. The van der Waals surface area contributed by atoms with Crippen LogP contribution in [-0.2, 0) is 4.74 Å². The van der Waals surface area contributed by atoms with Gasteiger partial charge in [-0.15, -0.1) is 0 Å². The zero-order valence-corrected chi connectivity index (χ0v) is 21.3. The first-order valence-electron chi connectivity index (χ1n) is 12.3. The number of ether oxygens (including phenoxy) is 1. The minimum Gasteiger partial charge on any atom is -0.356 e. The summed E-state index contributed by atoms with van der Waals surface area (Å²) in [4.78, 5) is 39.1. The molecule has 9 nitrogen and oxygen atoms in total. The van der Waals surface area contributed by atoms with Crippen molar-refractivity contribution in [1.29, 1.82) is 0 Å². The van der Waals surface area contributed by atoms with Crippen LogP contribution < -0.4 is 4.90 Å². The first-order valence-corrected chi connectivity index (χ1v) is 13.4. The molecule has 35 heavy (non-hydrogen) atoms. The summed E-state index contributed by atoms with van der Waals surface area (Å²) in [6, 6.07) is 7.12. The fourth-order valence-corrected chi connectivity index (χ4v) is 6.72. The largest absolute Gasteiger partial charge is 0.356 e. The number of aromatic nitrogens is 4. The molecule has 3 aromatic rings. The molecule has 0 spiro atoms. The van der Waals surface area contributed by atoms with Crippen LogP contribution in [0.5, 0.6) is 0 Å². The minimum absolute atomic E-state index is 0.0856. The van der Waals surface area contributed by atoms with E-state index in [1.54, 1.807) is 12.1 Å². The first-order chi connectivity index (χ1) is 17.1. The summed E-state index contributed by atoms with van der Waals surface area (Å²) < 4.78 is 8.71. The van der Waals surface area contributed by atoms with Crippen molar-refractivity contribution in [3.8, 4) is 0 Å². The summed E-state index contributed by atoms with van der Waals surface area (Å²) in [7, 11) is 0. The van der Waals surface area contributed by atoms with Crippen molar-refractivity contribution in [2.24, 2.45) is 17.8 Å². The van der Waals surface area contributed by atoms with Gasteiger partial charge in [-0.1, -0.05) is 12.1 Å². The van der Waals surface area contributed by atoms with Gasteiger partial charge in [0.1, 0.15) is 11.3 Å². The smallest absolute Gasteiger partial charge is 0.261 e. The summed E-state index contributed by atoms with van der Waals surface area (Å²) in [5, 5.41) is 4.69. The Kier molecular flexibility index (Phi) is 5.09. The van der Waals surface area contributed by atoms with Crippen LogP contribution in [0.25, 0.3) is 11.2 Å². The van der Waals surface area contributed by atoms with E-state index in [1.807, 2.05) is 23.0 Å². The fraction of sp³-hybridized carbons (Fsp3) is 0.480. The van der Waals surface area contributed by atoms with Crippen molar-refractivity contribution in [3.63, 3.8) is 0 Å². The fourth-order valence-electron chi connectivity index (χ4n) is 6.10. The Labute approximate surface area is 216 Å². The second-order valence-corrected chi connectivity index (χ2v) is 11.0. The molecular weight excluding hydrogens is 559 g/mol. The van der Waals surface area contributed by atoms with Gasteiger partial charge in [-0.25, -0.2) is 14.6 Å². The Hall–Kier alpha value is -2.60. The number of carbonyl (C=O) groups excluding carboxylic acids is 2. The average Bonchev–Trinajstić information content (AvgIpc) is 3.41. The molecule has 1 aromatic carbocycles. The van der Waals surface area contributed by atoms with Gasteiger partial charge in [0.05, 0.1) is 17.3 Å². The van der Waals surface area contributed by atoms with Crippen molar-refractivity contribution >= 4 is 51.4 Å².